The minimum atomic E-state index is -3.43. The zero-order valence-corrected chi connectivity index (χ0v) is 19.3. The first kappa shape index (κ1) is 23.1. The topological polar surface area (TPSA) is 106 Å². The van der Waals surface area contributed by atoms with Crippen molar-refractivity contribution in [3.8, 4) is 0 Å². The van der Waals surface area contributed by atoms with E-state index in [0.29, 0.717) is 30.7 Å². The average Bonchev–Trinajstić information content (AvgIpc) is 3.27. The molecule has 0 amide bonds. The lowest BCUT2D eigenvalue weighted by Crippen LogP contribution is -2.49. The molecule has 0 unspecified atom stereocenters. The number of pyridine rings is 1. The van der Waals surface area contributed by atoms with Crippen LogP contribution in [0.25, 0.3) is 11.0 Å². The normalized spacial score (nSPS) is 23.1. The van der Waals surface area contributed by atoms with Crippen LogP contribution in [0.5, 0.6) is 0 Å². The van der Waals surface area contributed by atoms with Gasteiger partial charge in [0.1, 0.15) is 11.8 Å². The smallest absolute Gasteiger partial charge is 0.255 e. The van der Waals surface area contributed by atoms with Gasteiger partial charge in [-0.25, -0.2) is 17.8 Å². The predicted octanol–water partition coefficient (Wildman–Crippen LogP) is 1.88. The number of nitrogens with zero attached hydrogens (tertiary/aromatic N) is 4. The summed E-state index contributed by atoms with van der Waals surface area (Å²) < 4.78 is 46.2. The summed E-state index contributed by atoms with van der Waals surface area (Å²) in [5.74, 6) is 0.244. The van der Waals surface area contributed by atoms with Crippen molar-refractivity contribution in [3.05, 3.63) is 28.2 Å². The Labute approximate surface area is 187 Å². The summed E-state index contributed by atoms with van der Waals surface area (Å²) >= 11 is 0. The summed E-state index contributed by atoms with van der Waals surface area (Å²) in [6.07, 6.45) is 6.16. The molecule has 3 heterocycles. The van der Waals surface area contributed by atoms with Crippen LogP contribution in [-0.2, 0) is 21.2 Å². The number of aromatic nitrogens is 3. The van der Waals surface area contributed by atoms with E-state index >= 15 is 0 Å². The van der Waals surface area contributed by atoms with Gasteiger partial charge in [-0.1, -0.05) is 12.8 Å². The standard InChI is InChI=1S/C21H30FN5O4S/c1-31-10-8-14-11-15-12-23-21(24-18-7-9-26(13-17(18)22)32(2,29)30)25-19(15)27(20(14)28)16-5-3-4-6-16/h11-12,16-18H,3-10,13H2,1-2H3,(H,23,24,25)/t17-,18-/m0/s1. The van der Waals surface area contributed by atoms with Gasteiger partial charge in [0, 0.05) is 49.8 Å². The summed E-state index contributed by atoms with van der Waals surface area (Å²) in [5.41, 5.74) is 1.16. The monoisotopic (exact) mass is 467 g/mol. The number of piperidine rings is 1. The number of fused-ring (bicyclic) bond motifs is 1. The van der Waals surface area contributed by atoms with Crippen LogP contribution in [0, 0.1) is 0 Å². The molecule has 1 saturated heterocycles. The van der Waals surface area contributed by atoms with Gasteiger partial charge in [-0.15, -0.1) is 0 Å². The number of hydrogen-bond acceptors (Lipinski definition) is 7. The summed E-state index contributed by atoms with van der Waals surface area (Å²) in [6.45, 7) is 0.496. The van der Waals surface area contributed by atoms with E-state index in [0.717, 1.165) is 41.6 Å². The van der Waals surface area contributed by atoms with E-state index in [-0.39, 0.29) is 30.6 Å². The molecule has 1 aliphatic heterocycles. The van der Waals surface area contributed by atoms with Gasteiger partial charge in [-0.05, 0) is 25.3 Å². The van der Waals surface area contributed by atoms with Crippen molar-refractivity contribution in [1.82, 2.24) is 18.8 Å². The molecule has 0 radical (unpaired) electrons. The number of halogens is 1. The van der Waals surface area contributed by atoms with E-state index < -0.39 is 22.2 Å². The lowest BCUT2D eigenvalue weighted by atomic mass is 10.1. The third-order valence-corrected chi connectivity index (χ3v) is 7.67. The number of anilines is 1. The Morgan fingerprint density at radius 3 is 2.69 bits per heavy atom. The molecule has 11 heteroatoms. The van der Waals surface area contributed by atoms with Gasteiger partial charge in [0.05, 0.1) is 18.9 Å². The SMILES string of the molecule is COCCc1cc2cnc(N[C@H]3CCN(S(C)(=O)=O)C[C@@H]3F)nc2n(C2CCCC2)c1=O. The number of ether oxygens (including phenoxy) is 1. The maximum absolute atomic E-state index is 14.7. The second-order valence-corrected chi connectivity index (χ2v) is 10.7. The molecule has 9 nitrogen and oxygen atoms in total. The zero-order chi connectivity index (χ0) is 22.9. The first-order valence-electron chi connectivity index (χ1n) is 11.0. The highest BCUT2D eigenvalue weighted by molar-refractivity contribution is 7.88. The van der Waals surface area contributed by atoms with Crippen LogP contribution < -0.4 is 10.9 Å². The number of hydrogen-bond donors (Lipinski definition) is 1. The van der Waals surface area contributed by atoms with E-state index in [2.05, 4.69) is 15.3 Å². The molecule has 0 bridgehead atoms. The minimum Gasteiger partial charge on any atom is -0.384 e. The average molecular weight is 468 g/mol. The van der Waals surface area contributed by atoms with Gasteiger partial charge in [0.2, 0.25) is 16.0 Å². The van der Waals surface area contributed by atoms with Crippen LogP contribution in [0.4, 0.5) is 10.3 Å². The van der Waals surface area contributed by atoms with Crippen LogP contribution >= 0.6 is 0 Å². The van der Waals surface area contributed by atoms with E-state index in [1.807, 2.05) is 6.07 Å². The van der Waals surface area contributed by atoms with Gasteiger partial charge in [0.25, 0.3) is 5.56 Å². The van der Waals surface area contributed by atoms with Gasteiger partial charge < -0.3 is 10.1 Å². The lowest BCUT2D eigenvalue weighted by molar-refractivity contribution is 0.186. The molecule has 2 atom stereocenters. The summed E-state index contributed by atoms with van der Waals surface area (Å²) in [4.78, 5) is 22.2. The molecule has 1 saturated carbocycles. The molecule has 176 valence electrons. The number of sulfonamides is 1. The molecule has 1 aliphatic carbocycles. The Kier molecular flexibility index (Phi) is 6.78. The van der Waals surface area contributed by atoms with E-state index in [1.165, 1.54) is 0 Å². The number of alkyl halides is 1. The van der Waals surface area contributed by atoms with Crippen molar-refractivity contribution in [3.63, 3.8) is 0 Å². The van der Waals surface area contributed by atoms with Gasteiger partial charge >= 0.3 is 0 Å². The van der Waals surface area contributed by atoms with Crippen LogP contribution in [0.15, 0.2) is 17.1 Å². The molecule has 32 heavy (non-hydrogen) atoms. The van der Waals surface area contributed by atoms with Crippen LogP contribution in [-0.4, -0.2) is 72.5 Å². The van der Waals surface area contributed by atoms with Crippen LogP contribution in [0.1, 0.15) is 43.7 Å². The maximum Gasteiger partial charge on any atom is 0.255 e. The summed E-state index contributed by atoms with van der Waals surface area (Å²) in [5, 5.41) is 3.79. The third kappa shape index (κ3) is 4.79. The van der Waals surface area contributed by atoms with Crippen LogP contribution in [0.2, 0.25) is 0 Å². The van der Waals surface area contributed by atoms with Crippen molar-refractivity contribution < 1.29 is 17.5 Å². The maximum atomic E-state index is 14.7. The number of nitrogens with one attached hydrogen (secondary N) is 1. The predicted molar refractivity (Wildman–Crippen MR) is 120 cm³/mol. The molecule has 2 fully saturated rings. The first-order valence-corrected chi connectivity index (χ1v) is 12.9. The van der Waals surface area contributed by atoms with Crippen molar-refractivity contribution in [2.24, 2.45) is 0 Å². The molecule has 2 aliphatic rings. The highest BCUT2D eigenvalue weighted by Crippen LogP contribution is 2.31. The van der Waals surface area contributed by atoms with E-state index in [9.17, 15) is 17.6 Å². The van der Waals surface area contributed by atoms with Crippen molar-refractivity contribution >= 4 is 27.0 Å². The Morgan fingerprint density at radius 1 is 1.28 bits per heavy atom. The first-order chi connectivity index (χ1) is 15.3. The molecule has 0 spiro atoms. The molecular weight excluding hydrogens is 437 g/mol. The summed E-state index contributed by atoms with van der Waals surface area (Å²) in [6, 6.07) is 1.30. The van der Waals surface area contributed by atoms with Crippen molar-refractivity contribution in [2.75, 3.05) is 38.4 Å². The van der Waals surface area contributed by atoms with Gasteiger partial charge in [0.15, 0.2) is 0 Å². The zero-order valence-electron chi connectivity index (χ0n) is 18.5. The lowest BCUT2D eigenvalue weighted by Gasteiger charge is -2.33. The largest absolute Gasteiger partial charge is 0.384 e. The van der Waals surface area contributed by atoms with Gasteiger partial charge in [-0.3, -0.25) is 9.36 Å². The molecule has 2 aromatic rings. The molecule has 1 N–H and O–H groups in total. The Hall–Kier alpha value is -2.11. The van der Waals surface area contributed by atoms with Crippen molar-refractivity contribution in [2.45, 2.75) is 56.8 Å². The molecular formula is C21H30FN5O4S. The fourth-order valence-corrected chi connectivity index (χ4v) is 5.50. The Bertz CT molecular complexity index is 1130. The van der Waals surface area contributed by atoms with E-state index in [4.69, 9.17) is 4.74 Å². The van der Waals surface area contributed by atoms with Crippen LogP contribution in [0.3, 0.4) is 0 Å². The second kappa shape index (κ2) is 9.40. The number of methoxy groups -OCH3 is 1. The minimum absolute atomic E-state index is 0.0593. The second-order valence-electron chi connectivity index (χ2n) is 8.67. The highest BCUT2D eigenvalue weighted by Gasteiger charge is 2.33. The quantitative estimate of drug-likeness (QED) is 0.663. The molecule has 0 aromatic carbocycles. The Morgan fingerprint density at radius 2 is 2.03 bits per heavy atom. The van der Waals surface area contributed by atoms with E-state index in [1.54, 1.807) is 17.9 Å². The van der Waals surface area contributed by atoms with Gasteiger partial charge in [-0.2, -0.15) is 9.29 Å². The third-order valence-electron chi connectivity index (χ3n) is 6.40. The summed E-state index contributed by atoms with van der Waals surface area (Å²) in [7, 11) is -1.82. The number of rotatable bonds is 7. The molecule has 4 rings (SSSR count). The molecule has 2 aromatic heterocycles. The van der Waals surface area contributed by atoms with Crippen molar-refractivity contribution in [1.29, 1.82) is 0 Å². The fraction of sp³-hybridized carbons (Fsp3) is 0.667. The highest BCUT2D eigenvalue weighted by atomic mass is 32.2. The Balaban J connectivity index is 1.64. The fourth-order valence-electron chi connectivity index (χ4n) is 4.65.